The van der Waals surface area contributed by atoms with Crippen molar-refractivity contribution in [3.63, 3.8) is 0 Å². The summed E-state index contributed by atoms with van der Waals surface area (Å²) in [6.07, 6.45) is -0.0565. The lowest BCUT2D eigenvalue weighted by atomic mass is 9.91. The van der Waals surface area contributed by atoms with E-state index in [-0.39, 0.29) is 17.6 Å². The van der Waals surface area contributed by atoms with Crippen molar-refractivity contribution in [2.75, 3.05) is 13.2 Å². The molecule has 0 radical (unpaired) electrons. The lowest BCUT2D eigenvalue weighted by Gasteiger charge is -2.21. The van der Waals surface area contributed by atoms with E-state index in [1.165, 1.54) is 0 Å². The lowest BCUT2D eigenvalue weighted by Crippen LogP contribution is -2.17. The van der Waals surface area contributed by atoms with Crippen LogP contribution < -0.4 is 0 Å². The highest BCUT2D eigenvalue weighted by atomic mass is 19.4. The van der Waals surface area contributed by atoms with E-state index in [4.69, 9.17) is 4.74 Å². The van der Waals surface area contributed by atoms with Crippen molar-refractivity contribution in [1.82, 2.24) is 20.0 Å². The highest BCUT2D eigenvalue weighted by Crippen LogP contribution is 2.44. The van der Waals surface area contributed by atoms with E-state index in [1.54, 1.807) is 0 Å². The van der Waals surface area contributed by atoms with Crippen LogP contribution in [0.15, 0.2) is 6.07 Å². The summed E-state index contributed by atoms with van der Waals surface area (Å²) in [6.45, 7) is 1.40. The minimum absolute atomic E-state index is 0.0185. The van der Waals surface area contributed by atoms with Crippen LogP contribution in [0, 0.1) is 5.92 Å². The van der Waals surface area contributed by atoms with E-state index in [0.717, 1.165) is 47.7 Å². The minimum Gasteiger partial charge on any atom is -0.493 e. The quantitative estimate of drug-likeness (QED) is 0.882. The predicted molar refractivity (Wildman–Crippen MR) is 81.6 cm³/mol. The average molecular weight is 356 g/mol. The molecule has 1 aliphatic heterocycles. The van der Waals surface area contributed by atoms with Crippen LogP contribution in [0.3, 0.4) is 0 Å². The molecule has 1 saturated carbocycles. The number of aromatic hydroxyl groups is 1. The molecule has 25 heavy (non-hydrogen) atoms. The highest BCUT2D eigenvalue weighted by molar-refractivity contribution is 5.41. The Hall–Kier alpha value is -2.03. The Morgan fingerprint density at radius 3 is 2.56 bits per heavy atom. The van der Waals surface area contributed by atoms with Gasteiger partial charge in [-0.25, -0.2) is 0 Å². The molecule has 0 aromatic carbocycles. The van der Waals surface area contributed by atoms with Crippen molar-refractivity contribution in [3.05, 3.63) is 23.0 Å². The Kier molecular flexibility index (Phi) is 3.98. The minimum atomic E-state index is -4.54. The number of hydrogen-bond donors (Lipinski definition) is 2. The second kappa shape index (κ2) is 6.05. The second-order valence-corrected chi connectivity index (χ2v) is 6.77. The van der Waals surface area contributed by atoms with Crippen LogP contribution in [0.4, 0.5) is 13.2 Å². The number of nitrogens with one attached hydrogen (secondary N) is 1. The zero-order chi connectivity index (χ0) is 17.6. The number of halogens is 3. The highest BCUT2D eigenvalue weighted by Gasteiger charge is 2.36. The van der Waals surface area contributed by atoms with Gasteiger partial charge in [0.1, 0.15) is 0 Å². The Labute approximate surface area is 142 Å². The third-order valence-corrected chi connectivity index (χ3v) is 4.87. The smallest absolute Gasteiger partial charge is 0.435 e. The summed E-state index contributed by atoms with van der Waals surface area (Å²) >= 11 is 0. The van der Waals surface area contributed by atoms with Crippen LogP contribution >= 0.6 is 0 Å². The van der Waals surface area contributed by atoms with Crippen molar-refractivity contribution in [3.8, 4) is 11.7 Å². The molecule has 4 rings (SSSR count). The summed E-state index contributed by atoms with van der Waals surface area (Å²) in [5.41, 5.74) is 0.515. The van der Waals surface area contributed by atoms with Crippen LogP contribution in [-0.2, 0) is 17.3 Å². The molecule has 1 aliphatic carbocycles. The van der Waals surface area contributed by atoms with Gasteiger partial charge in [-0.1, -0.05) is 0 Å². The maximum Gasteiger partial charge on any atom is 0.435 e. The standard InChI is InChI=1S/C16H19F3N4O2/c17-16(18,19)12-8-13(21-20-12)23-15(24)11(14(22-23)10-1-2-10)7-9-3-5-25-6-4-9/h8-10,24H,1-7H2,(H,20,21). The molecule has 1 saturated heterocycles. The Balaban J connectivity index is 1.66. The molecule has 0 unspecified atom stereocenters. The zero-order valence-corrected chi connectivity index (χ0v) is 13.5. The van der Waals surface area contributed by atoms with Gasteiger partial charge >= 0.3 is 6.18 Å². The van der Waals surface area contributed by atoms with E-state index in [9.17, 15) is 18.3 Å². The normalized spacial score (nSPS) is 19.5. The summed E-state index contributed by atoms with van der Waals surface area (Å²) in [4.78, 5) is 0. The van der Waals surface area contributed by atoms with Gasteiger partial charge in [-0.3, -0.25) is 5.10 Å². The third kappa shape index (κ3) is 3.24. The third-order valence-electron chi connectivity index (χ3n) is 4.87. The number of rotatable bonds is 4. The Morgan fingerprint density at radius 1 is 1.24 bits per heavy atom. The Bertz CT molecular complexity index is 758. The maximum atomic E-state index is 12.8. The van der Waals surface area contributed by atoms with Gasteiger partial charge in [0.15, 0.2) is 11.5 Å². The molecule has 6 nitrogen and oxygen atoms in total. The first-order valence-electron chi connectivity index (χ1n) is 8.45. The summed E-state index contributed by atoms with van der Waals surface area (Å²) in [5, 5.41) is 20.6. The topological polar surface area (TPSA) is 76.0 Å². The first-order chi connectivity index (χ1) is 11.9. The lowest BCUT2D eigenvalue weighted by molar-refractivity contribution is -0.141. The molecule has 0 spiro atoms. The first kappa shape index (κ1) is 16.4. The molecule has 0 bridgehead atoms. The molecule has 3 heterocycles. The van der Waals surface area contributed by atoms with Crippen molar-refractivity contribution >= 4 is 0 Å². The molecule has 2 aliphatic rings. The fraction of sp³-hybridized carbons (Fsp3) is 0.625. The summed E-state index contributed by atoms with van der Waals surface area (Å²) in [5.74, 6) is 0.602. The molecule has 2 N–H and O–H groups in total. The number of ether oxygens (including phenoxy) is 1. The second-order valence-electron chi connectivity index (χ2n) is 6.77. The number of H-pyrrole nitrogens is 1. The molecule has 136 valence electrons. The van der Waals surface area contributed by atoms with Crippen molar-refractivity contribution in [2.45, 2.75) is 44.2 Å². The van der Waals surface area contributed by atoms with E-state index in [2.05, 4.69) is 15.3 Å². The zero-order valence-electron chi connectivity index (χ0n) is 13.5. The molecule has 0 amide bonds. The van der Waals surface area contributed by atoms with Gasteiger partial charge in [-0.2, -0.15) is 28.1 Å². The van der Waals surface area contributed by atoms with Crippen molar-refractivity contribution in [2.24, 2.45) is 5.92 Å². The fourth-order valence-corrected chi connectivity index (χ4v) is 3.31. The molecule has 2 aromatic rings. The van der Waals surface area contributed by atoms with Crippen molar-refractivity contribution < 1.29 is 23.0 Å². The summed E-state index contributed by atoms with van der Waals surface area (Å²) < 4.78 is 44.8. The van der Waals surface area contributed by atoms with E-state index in [1.807, 2.05) is 0 Å². The van der Waals surface area contributed by atoms with Gasteiger partial charge in [0.05, 0.1) is 5.69 Å². The van der Waals surface area contributed by atoms with Gasteiger partial charge in [-0.15, -0.1) is 0 Å². The van der Waals surface area contributed by atoms with Gasteiger partial charge in [0.2, 0.25) is 5.88 Å². The van der Waals surface area contributed by atoms with E-state index >= 15 is 0 Å². The molecule has 9 heteroatoms. The van der Waals surface area contributed by atoms with Crippen LogP contribution in [0.2, 0.25) is 0 Å². The number of alkyl halides is 3. The molecule has 0 atom stereocenters. The maximum absolute atomic E-state index is 12.8. The van der Waals surface area contributed by atoms with Gasteiger partial charge in [0, 0.05) is 30.8 Å². The molecule has 2 aromatic heterocycles. The summed E-state index contributed by atoms with van der Waals surface area (Å²) in [7, 11) is 0. The van der Waals surface area contributed by atoms with Gasteiger partial charge in [0.25, 0.3) is 0 Å². The average Bonchev–Trinajstić information content (AvgIpc) is 3.19. The predicted octanol–water partition coefficient (Wildman–Crippen LogP) is 3.17. The number of nitrogens with zero attached hydrogens (tertiary/aromatic N) is 3. The first-order valence-corrected chi connectivity index (χ1v) is 8.45. The Morgan fingerprint density at radius 2 is 1.96 bits per heavy atom. The largest absolute Gasteiger partial charge is 0.493 e. The van der Waals surface area contributed by atoms with Crippen molar-refractivity contribution in [1.29, 1.82) is 0 Å². The number of hydrogen-bond acceptors (Lipinski definition) is 4. The van der Waals surface area contributed by atoms with E-state index < -0.39 is 11.9 Å². The van der Waals surface area contributed by atoms with Crippen LogP contribution in [0.25, 0.3) is 5.82 Å². The molecule has 2 fully saturated rings. The van der Waals surface area contributed by atoms with Crippen LogP contribution in [0.5, 0.6) is 5.88 Å². The molecular formula is C16H19F3N4O2. The van der Waals surface area contributed by atoms with Crippen LogP contribution in [-0.4, -0.2) is 38.3 Å². The summed E-state index contributed by atoms with van der Waals surface area (Å²) in [6, 6.07) is 0.863. The van der Waals surface area contributed by atoms with Gasteiger partial charge < -0.3 is 9.84 Å². The SMILES string of the molecule is Oc1c(CC2CCOCC2)c(C2CC2)nn1-c1cc(C(F)(F)F)n[nH]1. The van der Waals surface area contributed by atoms with Crippen LogP contribution in [0.1, 0.15) is 48.6 Å². The van der Waals surface area contributed by atoms with Gasteiger partial charge in [-0.05, 0) is 38.0 Å². The molecular weight excluding hydrogens is 337 g/mol. The monoisotopic (exact) mass is 356 g/mol. The fourth-order valence-electron chi connectivity index (χ4n) is 3.31. The number of aromatic nitrogens is 4. The number of aromatic amines is 1. The van der Waals surface area contributed by atoms with E-state index in [0.29, 0.717) is 25.6 Å².